The van der Waals surface area contributed by atoms with Crippen LogP contribution in [0.25, 0.3) is 10.9 Å². The van der Waals surface area contributed by atoms with E-state index in [0.717, 1.165) is 5.39 Å². The van der Waals surface area contributed by atoms with Crippen LogP contribution in [-0.2, 0) is 9.59 Å². The van der Waals surface area contributed by atoms with Gasteiger partial charge in [0.25, 0.3) is 0 Å². The molecule has 0 saturated heterocycles. The molecule has 2 aromatic rings. The summed E-state index contributed by atoms with van der Waals surface area (Å²) in [7, 11) is 0. The lowest BCUT2D eigenvalue weighted by Gasteiger charge is -2.27. The molecule has 27 heavy (non-hydrogen) atoms. The van der Waals surface area contributed by atoms with E-state index >= 15 is 0 Å². The van der Waals surface area contributed by atoms with Gasteiger partial charge >= 0.3 is 0 Å². The second-order valence-electron chi connectivity index (χ2n) is 5.69. The lowest BCUT2D eigenvalue weighted by atomic mass is 10.1. The summed E-state index contributed by atoms with van der Waals surface area (Å²) in [6, 6.07) is 5.30. The van der Waals surface area contributed by atoms with Crippen molar-refractivity contribution in [3.63, 3.8) is 0 Å². The highest BCUT2D eigenvalue weighted by Gasteiger charge is 2.16. The summed E-state index contributed by atoms with van der Waals surface area (Å²) in [5.74, 6) is 4.20. The van der Waals surface area contributed by atoms with Crippen LogP contribution in [0.5, 0.6) is 5.75 Å². The summed E-state index contributed by atoms with van der Waals surface area (Å²) < 4.78 is 5.77. The smallest absolute Gasteiger partial charge is 0.140 e. The Balaban J connectivity index is 2.15. The van der Waals surface area contributed by atoms with Crippen molar-refractivity contribution < 1.29 is 14.3 Å². The van der Waals surface area contributed by atoms with Gasteiger partial charge in [-0.3, -0.25) is 0 Å². The van der Waals surface area contributed by atoms with Crippen LogP contribution in [0, 0.1) is 0 Å². The quantitative estimate of drug-likeness (QED) is 0.394. The molecular formula is C20H18ClN3O3. The lowest BCUT2D eigenvalue weighted by molar-refractivity contribution is 0.272. The van der Waals surface area contributed by atoms with Crippen LogP contribution in [0.4, 0.5) is 0 Å². The first kappa shape index (κ1) is 20.1. The molecular weight excluding hydrogens is 366 g/mol. The highest BCUT2D eigenvalue weighted by Crippen LogP contribution is 2.24. The number of halogens is 1. The number of hydrogen-bond acceptors (Lipinski definition) is 6. The molecule has 0 bridgehead atoms. The molecule has 0 atom stereocenters. The van der Waals surface area contributed by atoms with Crippen LogP contribution in [-0.4, -0.2) is 39.9 Å². The van der Waals surface area contributed by atoms with E-state index in [9.17, 15) is 9.59 Å². The fourth-order valence-electron chi connectivity index (χ4n) is 2.30. The molecule has 6 nitrogen and oxygen atoms in total. The number of ether oxygens (including phenoxy) is 1. The number of aromatic nitrogens is 2. The molecule has 1 aromatic carbocycles. The third-order valence-electron chi connectivity index (χ3n) is 3.97. The monoisotopic (exact) mass is 383 g/mol. The summed E-state index contributed by atoms with van der Waals surface area (Å²) in [4.78, 5) is 31.6. The first-order chi connectivity index (χ1) is 12.9. The number of fused-ring (bicyclic) bond motifs is 1. The Bertz CT molecular complexity index is 967. The molecule has 138 valence electrons. The molecule has 0 unspecified atom stereocenters. The maximum atomic E-state index is 10.9. The van der Waals surface area contributed by atoms with E-state index in [0.29, 0.717) is 45.5 Å². The summed E-state index contributed by atoms with van der Waals surface area (Å²) in [6.07, 6.45) is 1.38. The highest BCUT2D eigenvalue weighted by molar-refractivity contribution is 6.34. The first-order valence-electron chi connectivity index (χ1n) is 8.01. The third kappa shape index (κ3) is 4.72. The predicted octanol–water partition coefficient (Wildman–Crippen LogP) is 3.55. The maximum Gasteiger partial charge on any atom is 0.140 e. The van der Waals surface area contributed by atoms with Gasteiger partial charge in [0.05, 0.1) is 23.2 Å². The van der Waals surface area contributed by atoms with Crippen LogP contribution < -0.4 is 4.74 Å². The van der Waals surface area contributed by atoms with E-state index < -0.39 is 0 Å². The van der Waals surface area contributed by atoms with Gasteiger partial charge in [0.2, 0.25) is 0 Å². The van der Waals surface area contributed by atoms with Crippen molar-refractivity contribution in [2.24, 2.45) is 0 Å². The number of benzene rings is 1. The number of nitrogens with zero attached hydrogens (tertiary/aromatic N) is 3. The van der Waals surface area contributed by atoms with Crippen molar-refractivity contribution in [1.29, 1.82) is 0 Å². The zero-order valence-corrected chi connectivity index (χ0v) is 15.8. The van der Waals surface area contributed by atoms with Gasteiger partial charge in [-0.25, -0.2) is 19.6 Å². The van der Waals surface area contributed by atoms with Gasteiger partial charge in [0.1, 0.15) is 35.7 Å². The van der Waals surface area contributed by atoms with Crippen molar-refractivity contribution in [3.8, 4) is 5.75 Å². The predicted molar refractivity (Wildman–Crippen MR) is 105 cm³/mol. The molecule has 0 saturated carbocycles. The molecule has 7 heteroatoms. The lowest BCUT2D eigenvalue weighted by Crippen LogP contribution is -2.28. The normalized spacial score (nSPS) is 9.89. The van der Waals surface area contributed by atoms with E-state index in [1.165, 1.54) is 6.33 Å². The average Bonchev–Trinajstić information content (AvgIpc) is 2.69. The number of carbonyl (C=O) groups excluding carboxylic acids is 2. The molecule has 1 heterocycles. The fourth-order valence-corrected chi connectivity index (χ4v) is 2.51. The molecule has 0 amide bonds. The summed E-state index contributed by atoms with van der Waals surface area (Å²) in [5, 5.41) is 1.10. The minimum Gasteiger partial charge on any atom is -0.492 e. The Morgan fingerprint density at radius 2 is 1.78 bits per heavy atom. The minimum absolute atomic E-state index is 0.251. The van der Waals surface area contributed by atoms with Crippen molar-refractivity contribution in [3.05, 3.63) is 65.4 Å². The Labute approximate surface area is 162 Å². The minimum atomic E-state index is 0.251. The Morgan fingerprint density at radius 3 is 2.37 bits per heavy atom. The van der Waals surface area contributed by atoms with Crippen molar-refractivity contribution in [2.45, 2.75) is 13.8 Å². The zero-order valence-electron chi connectivity index (χ0n) is 15.1. The van der Waals surface area contributed by atoms with E-state index in [1.807, 2.05) is 0 Å². The fraction of sp³-hybridized carbons (Fsp3) is 0.200. The maximum absolute atomic E-state index is 10.9. The van der Waals surface area contributed by atoms with E-state index in [4.69, 9.17) is 16.3 Å². The van der Waals surface area contributed by atoms with Gasteiger partial charge in [0.15, 0.2) is 0 Å². The van der Waals surface area contributed by atoms with E-state index in [1.54, 1.807) is 48.8 Å². The zero-order chi connectivity index (χ0) is 20.0. The highest BCUT2D eigenvalue weighted by atomic mass is 35.5. The van der Waals surface area contributed by atoms with E-state index in [2.05, 4.69) is 23.1 Å². The molecule has 1 aromatic heterocycles. The summed E-state index contributed by atoms with van der Waals surface area (Å²) in [5.41, 5.74) is 2.08. The average molecular weight is 384 g/mol. The SMILES string of the molecule is C=C(C(C)=C=O)N(CCOc1ccc2c(Cl)ncnc2c1)C(=C)C(C)=C=O. The molecule has 0 fully saturated rings. The molecule has 0 spiro atoms. The van der Waals surface area contributed by atoms with Crippen LogP contribution in [0.2, 0.25) is 5.15 Å². The largest absolute Gasteiger partial charge is 0.492 e. The van der Waals surface area contributed by atoms with Crippen molar-refractivity contribution in [1.82, 2.24) is 14.9 Å². The molecule has 0 radical (unpaired) electrons. The van der Waals surface area contributed by atoms with Crippen LogP contribution in [0.3, 0.4) is 0 Å². The van der Waals surface area contributed by atoms with Gasteiger partial charge in [0, 0.05) is 22.8 Å². The van der Waals surface area contributed by atoms with Crippen molar-refractivity contribution in [2.75, 3.05) is 13.2 Å². The molecule has 0 aliphatic rings. The van der Waals surface area contributed by atoms with Crippen LogP contribution in [0.15, 0.2) is 60.2 Å². The number of rotatable bonds is 8. The first-order valence-corrected chi connectivity index (χ1v) is 8.39. The topological polar surface area (TPSA) is 72.4 Å². The summed E-state index contributed by atoms with van der Waals surface area (Å²) in [6.45, 7) is 11.5. The van der Waals surface area contributed by atoms with Crippen LogP contribution in [0.1, 0.15) is 13.8 Å². The Morgan fingerprint density at radius 1 is 1.15 bits per heavy atom. The van der Waals surface area contributed by atoms with Gasteiger partial charge in [-0.15, -0.1) is 0 Å². The second kappa shape index (κ2) is 8.97. The van der Waals surface area contributed by atoms with Gasteiger partial charge in [-0.05, 0) is 26.0 Å². The number of allylic oxidation sites excluding steroid dienone is 2. The Kier molecular flexibility index (Phi) is 6.69. The third-order valence-corrected chi connectivity index (χ3v) is 4.27. The molecule has 2 rings (SSSR count). The van der Waals surface area contributed by atoms with Gasteiger partial charge < -0.3 is 9.64 Å². The van der Waals surface area contributed by atoms with Crippen molar-refractivity contribution >= 4 is 34.4 Å². The molecule has 0 aliphatic carbocycles. The van der Waals surface area contributed by atoms with E-state index in [-0.39, 0.29) is 6.61 Å². The summed E-state index contributed by atoms with van der Waals surface area (Å²) >= 11 is 6.03. The number of hydrogen-bond donors (Lipinski definition) is 0. The van der Waals surface area contributed by atoms with Crippen LogP contribution >= 0.6 is 11.6 Å². The van der Waals surface area contributed by atoms with Gasteiger partial charge in [-0.2, -0.15) is 0 Å². The Hall–Kier alpha value is -3.17. The second-order valence-corrected chi connectivity index (χ2v) is 6.05. The molecule has 0 N–H and O–H groups in total. The van der Waals surface area contributed by atoms with Gasteiger partial charge in [-0.1, -0.05) is 24.8 Å². The standard InChI is InChI=1S/C20H18ClN3O3/c1-13(10-25)15(3)24(16(4)14(2)11-26)7-8-27-17-5-6-18-19(9-17)22-12-23-20(18)21/h5-6,9,12H,3-4,7-8H2,1-2H3. The molecule has 0 aliphatic heterocycles.